The van der Waals surface area contributed by atoms with E-state index in [1.165, 1.54) is 0 Å². The van der Waals surface area contributed by atoms with E-state index >= 15 is 0 Å². The molecule has 0 aliphatic heterocycles. The van der Waals surface area contributed by atoms with E-state index in [0.29, 0.717) is 11.4 Å². The van der Waals surface area contributed by atoms with Crippen molar-refractivity contribution in [1.82, 2.24) is 4.57 Å². The van der Waals surface area contributed by atoms with Crippen LogP contribution < -0.4 is 4.74 Å². The number of carboxylic acid groups (broad SMARTS) is 1. The van der Waals surface area contributed by atoms with Crippen LogP contribution in [-0.4, -0.2) is 22.8 Å². The molecule has 0 saturated heterocycles. The quantitative estimate of drug-likeness (QED) is 0.689. The summed E-state index contributed by atoms with van der Waals surface area (Å²) in [5, 5.41) is 9.70. The van der Waals surface area contributed by atoms with Gasteiger partial charge in [0.2, 0.25) is 0 Å². The van der Waals surface area contributed by atoms with Crippen molar-refractivity contribution < 1.29 is 14.6 Å². The Morgan fingerprint density at radius 3 is 2.32 bits per heavy atom. The Morgan fingerprint density at radius 1 is 1.04 bits per heavy atom. The van der Waals surface area contributed by atoms with Gasteiger partial charge < -0.3 is 14.4 Å². The fraction of sp³-hybridized carbons (Fsp3) is 0.150. The summed E-state index contributed by atoms with van der Waals surface area (Å²) in [7, 11) is 1.63. The molecule has 2 aromatic carbocycles. The standard InChI is InChI=1S/C20H18ClNO3/c1-25-18-10-6-16(7-11-18)22-17(9-13-20(23)24)8-12-19(22)14-2-4-15(21)5-3-14/h2-8,10-12H,9,13H2,1H3,(H,23,24). The Labute approximate surface area is 151 Å². The molecular weight excluding hydrogens is 338 g/mol. The van der Waals surface area contributed by atoms with Gasteiger partial charge in [0.1, 0.15) is 5.75 Å². The first-order valence-electron chi connectivity index (χ1n) is 7.91. The summed E-state index contributed by atoms with van der Waals surface area (Å²) in [5.41, 5.74) is 3.90. The smallest absolute Gasteiger partial charge is 0.303 e. The van der Waals surface area contributed by atoms with Crippen LogP contribution in [0, 0.1) is 0 Å². The van der Waals surface area contributed by atoms with Gasteiger partial charge in [-0.15, -0.1) is 0 Å². The highest BCUT2D eigenvalue weighted by Gasteiger charge is 2.13. The first-order valence-corrected chi connectivity index (χ1v) is 8.29. The van der Waals surface area contributed by atoms with Gasteiger partial charge >= 0.3 is 5.97 Å². The molecule has 1 aromatic heterocycles. The number of methoxy groups -OCH3 is 1. The van der Waals surface area contributed by atoms with Gasteiger partial charge in [-0.2, -0.15) is 0 Å². The third kappa shape index (κ3) is 3.86. The Kier molecular flexibility index (Phi) is 5.10. The van der Waals surface area contributed by atoms with E-state index < -0.39 is 5.97 Å². The number of carboxylic acids is 1. The number of halogens is 1. The maximum Gasteiger partial charge on any atom is 0.303 e. The molecule has 0 saturated carbocycles. The van der Waals surface area contributed by atoms with E-state index in [0.717, 1.165) is 28.4 Å². The number of aromatic nitrogens is 1. The summed E-state index contributed by atoms with van der Waals surface area (Å²) in [6, 6.07) is 19.3. The second-order valence-corrected chi connectivity index (χ2v) is 6.08. The molecule has 5 heteroatoms. The zero-order valence-corrected chi connectivity index (χ0v) is 14.5. The molecule has 0 amide bonds. The second kappa shape index (κ2) is 7.45. The molecule has 3 rings (SSSR count). The molecule has 0 fully saturated rings. The van der Waals surface area contributed by atoms with Crippen molar-refractivity contribution in [3.8, 4) is 22.7 Å². The molecule has 0 spiro atoms. The number of aryl methyl sites for hydroxylation is 1. The van der Waals surface area contributed by atoms with Crippen molar-refractivity contribution in [3.05, 3.63) is 71.4 Å². The van der Waals surface area contributed by atoms with E-state index in [1.54, 1.807) is 7.11 Å². The number of benzene rings is 2. The van der Waals surface area contributed by atoms with Crippen LogP contribution in [-0.2, 0) is 11.2 Å². The van der Waals surface area contributed by atoms with Gasteiger partial charge in [0, 0.05) is 16.4 Å². The van der Waals surface area contributed by atoms with Crippen molar-refractivity contribution in [2.45, 2.75) is 12.8 Å². The maximum atomic E-state index is 11.0. The molecule has 0 aliphatic rings. The highest BCUT2D eigenvalue weighted by atomic mass is 35.5. The van der Waals surface area contributed by atoms with Crippen LogP contribution in [0.5, 0.6) is 5.75 Å². The molecule has 25 heavy (non-hydrogen) atoms. The van der Waals surface area contributed by atoms with Crippen LogP contribution in [0.2, 0.25) is 5.02 Å². The summed E-state index contributed by atoms with van der Waals surface area (Å²) in [5.74, 6) is -0.0356. The summed E-state index contributed by atoms with van der Waals surface area (Å²) < 4.78 is 7.30. The summed E-state index contributed by atoms with van der Waals surface area (Å²) in [4.78, 5) is 11.0. The van der Waals surface area contributed by atoms with Crippen molar-refractivity contribution in [1.29, 1.82) is 0 Å². The number of carbonyl (C=O) groups is 1. The minimum absolute atomic E-state index is 0.0836. The van der Waals surface area contributed by atoms with Gasteiger partial charge in [0.25, 0.3) is 0 Å². The Hall–Kier alpha value is -2.72. The lowest BCUT2D eigenvalue weighted by molar-refractivity contribution is -0.136. The SMILES string of the molecule is COc1ccc(-n2c(CCC(=O)O)ccc2-c2ccc(Cl)cc2)cc1. The Morgan fingerprint density at radius 2 is 1.72 bits per heavy atom. The molecule has 1 N–H and O–H groups in total. The highest BCUT2D eigenvalue weighted by Crippen LogP contribution is 2.29. The number of ether oxygens (including phenoxy) is 1. The topological polar surface area (TPSA) is 51.5 Å². The van der Waals surface area contributed by atoms with Crippen LogP contribution >= 0.6 is 11.6 Å². The van der Waals surface area contributed by atoms with Gasteiger partial charge in [0.15, 0.2) is 0 Å². The number of nitrogens with zero attached hydrogens (tertiary/aromatic N) is 1. The zero-order valence-electron chi connectivity index (χ0n) is 13.8. The molecule has 0 aliphatic carbocycles. The van der Waals surface area contributed by atoms with Crippen molar-refractivity contribution in [2.75, 3.05) is 7.11 Å². The van der Waals surface area contributed by atoms with E-state index in [-0.39, 0.29) is 6.42 Å². The predicted octanol–water partition coefficient (Wildman–Crippen LogP) is 4.82. The first-order chi connectivity index (χ1) is 12.1. The summed E-state index contributed by atoms with van der Waals surface area (Å²) >= 11 is 5.99. The fourth-order valence-electron chi connectivity index (χ4n) is 2.79. The second-order valence-electron chi connectivity index (χ2n) is 5.64. The van der Waals surface area contributed by atoms with Gasteiger partial charge in [-0.3, -0.25) is 4.79 Å². The van der Waals surface area contributed by atoms with Crippen LogP contribution in [0.25, 0.3) is 16.9 Å². The summed E-state index contributed by atoms with van der Waals surface area (Å²) in [6.07, 6.45) is 0.537. The lowest BCUT2D eigenvalue weighted by atomic mass is 10.1. The van der Waals surface area contributed by atoms with Crippen molar-refractivity contribution in [3.63, 3.8) is 0 Å². The molecule has 0 unspecified atom stereocenters. The van der Waals surface area contributed by atoms with Gasteiger partial charge in [-0.25, -0.2) is 0 Å². The Balaban J connectivity index is 2.08. The number of hydrogen-bond donors (Lipinski definition) is 1. The molecule has 128 valence electrons. The van der Waals surface area contributed by atoms with Crippen molar-refractivity contribution >= 4 is 17.6 Å². The van der Waals surface area contributed by atoms with Crippen LogP contribution in [0.3, 0.4) is 0 Å². The van der Waals surface area contributed by atoms with Crippen molar-refractivity contribution in [2.24, 2.45) is 0 Å². The number of hydrogen-bond acceptors (Lipinski definition) is 2. The first kappa shape index (κ1) is 17.1. The lowest BCUT2D eigenvalue weighted by Crippen LogP contribution is -2.05. The molecule has 1 heterocycles. The normalized spacial score (nSPS) is 10.6. The van der Waals surface area contributed by atoms with E-state index in [2.05, 4.69) is 4.57 Å². The Bertz CT molecular complexity index is 867. The minimum atomic E-state index is -0.810. The molecular formula is C20H18ClNO3. The van der Waals surface area contributed by atoms with Crippen LogP contribution in [0.4, 0.5) is 0 Å². The fourth-order valence-corrected chi connectivity index (χ4v) is 2.92. The van der Waals surface area contributed by atoms with E-state index in [9.17, 15) is 4.79 Å². The zero-order chi connectivity index (χ0) is 17.8. The van der Waals surface area contributed by atoms with Gasteiger partial charge in [-0.05, 0) is 60.5 Å². The minimum Gasteiger partial charge on any atom is -0.497 e. The average Bonchev–Trinajstić information content (AvgIpc) is 3.04. The third-order valence-corrected chi connectivity index (χ3v) is 4.28. The van der Waals surface area contributed by atoms with Crippen LogP contribution in [0.1, 0.15) is 12.1 Å². The van der Waals surface area contributed by atoms with Gasteiger partial charge in [-0.1, -0.05) is 23.7 Å². The molecule has 0 atom stereocenters. The van der Waals surface area contributed by atoms with E-state index in [1.807, 2.05) is 60.7 Å². The summed E-state index contributed by atoms with van der Waals surface area (Å²) in [6.45, 7) is 0. The number of aliphatic carboxylic acids is 1. The lowest BCUT2D eigenvalue weighted by Gasteiger charge is -2.14. The molecule has 4 nitrogen and oxygen atoms in total. The molecule has 3 aromatic rings. The maximum absolute atomic E-state index is 11.0. The third-order valence-electron chi connectivity index (χ3n) is 4.03. The highest BCUT2D eigenvalue weighted by molar-refractivity contribution is 6.30. The number of rotatable bonds is 6. The van der Waals surface area contributed by atoms with Crippen LogP contribution in [0.15, 0.2) is 60.7 Å². The average molecular weight is 356 g/mol. The predicted molar refractivity (Wildman–Crippen MR) is 98.7 cm³/mol. The molecule has 0 bridgehead atoms. The van der Waals surface area contributed by atoms with Gasteiger partial charge in [0.05, 0.1) is 19.2 Å². The molecule has 0 radical (unpaired) electrons. The largest absolute Gasteiger partial charge is 0.497 e. The monoisotopic (exact) mass is 355 g/mol. The van der Waals surface area contributed by atoms with E-state index in [4.69, 9.17) is 21.4 Å².